The largest absolute Gasteiger partial charge is 0.497 e. The second kappa shape index (κ2) is 6.09. The minimum atomic E-state index is 0.0522. The van der Waals surface area contributed by atoms with Crippen LogP contribution in [0.25, 0.3) is 11.0 Å². The predicted molar refractivity (Wildman–Crippen MR) is 89.2 cm³/mol. The maximum atomic E-state index is 6.14. The van der Waals surface area contributed by atoms with Crippen LogP contribution in [-0.2, 0) is 0 Å². The van der Waals surface area contributed by atoms with E-state index in [1.54, 1.807) is 30.2 Å². The first-order chi connectivity index (χ1) is 10.2. The van der Waals surface area contributed by atoms with Gasteiger partial charge in [0.05, 0.1) is 23.4 Å². The maximum absolute atomic E-state index is 6.14. The zero-order valence-electron chi connectivity index (χ0n) is 11.9. The lowest BCUT2D eigenvalue weighted by Crippen LogP contribution is -2.21. The molecule has 0 aliphatic heterocycles. The molecule has 2 heterocycles. The van der Waals surface area contributed by atoms with Crippen LogP contribution in [-0.4, -0.2) is 23.1 Å². The molecule has 2 aromatic heterocycles. The molecule has 0 radical (unpaired) electrons. The van der Waals surface area contributed by atoms with Gasteiger partial charge in [0.15, 0.2) is 5.16 Å². The summed E-state index contributed by atoms with van der Waals surface area (Å²) in [5, 5.41) is 3.16. The summed E-state index contributed by atoms with van der Waals surface area (Å²) in [6.45, 7) is 2.03. The highest BCUT2D eigenvalue weighted by atomic mass is 32.2. The molecule has 2 unspecified atom stereocenters. The van der Waals surface area contributed by atoms with Gasteiger partial charge in [-0.2, -0.15) is 0 Å². The summed E-state index contributed by atoms with van der Waals surface area (Å²) < 4.78 is 5.24. The van der Waals surface area contributed by atoms with E-state index >= 15 is 0 Å². The van der Waals surface area contributed by atoms with E-state index in [4.69, 9.17) is 10.5 Å². The SMILES string of the molecule is COc1ccc2nc(SC(c3cccs3)C(C)N)[nH]c2c1. The summed E-state index contributed by atoms with van der Waals surface area (Å²) in [6, 6.07) is 10.1. The first kappa shape index (κ1) is 14.4. The lowest BCUT2D eigenvalue weighted by Gasteiger charge is -2.17. The van der Waals surface area contributed by atoms with Gasteiger partial charge < -0.3 is 15.5 Å². The van der Waals surface area contributed by atoms with Gasteiger partial charge >= 0.3 is 0 Å². The minimum Gasteiger partial charge on any atom is -0.497 e. The van der Waals surface area contributed by atoms with Crippen LogP contribution < -0.4 is 10.5 Å². The second-order valence-corrected chi connectivity index (χ2v) is 6.95. The number of thioether (sulfide) groups is 1. The van der Waals surface area contributed by atoms with Crippen molar-refractivity contribution in [3.05, 3.63) is 40.6 Å². The van der Waals surface area contributed by atoms with Crippen LogP contribution >= 0.6 is 23.1 Å². The number of nitrogens with two attached hydrogens (primary N) is 1. The van der Waals surface area contributed by atoms with Gasteiger partial charge in [0.1, 0.15) is 5.75 Å². The van der Waals surface area contributed by atoms with E-state index in [2.05, 4.69) is 27.5 Å². The Bertz CT molecular complexity index is 722. The predicted octanol–water partition coefficient (Wildman–Crippen LogP) is 3.81. The summed E-state index contributed by atoms with van der Waals surface area (Å²) in [5.41, 5.74) is 8.06. The van der Waals surface area contributed by atoms with Crippen LogP contribution in [0, 0.1) is 0 Å². The van der Waals surface area contributed by atoms with Gasteiger partial charge in [0, 0.05) is 17.0 Å². The quantitative estimate of drug-likeness (QED) is 0.702. The molecule has 2 atom stereocenters. The standard InChI is InChI=1S/C15H17N3OS2/c1-9(16)14(13-4-3-7-20-13)21-15-17-11-6-5-10(19-2)8-12(11)18-15/h3-9,14H,16H2,1-2H3,(H,17,18). The maximum Gasteiger partial charge on any atom is 0.167 e. The number of fused-ring (bicyclic) bond motifs is 1. The van der Waals surface area contributed by atoms with Crippen molar-refractivity contribution in [2.24, 2.45) is 5.73 Å². The van der Waals surface area contributed by atoms with Gasteiger partial charge in [-0.1, -0.05) is 17.8 Å². The molecule has 0 aliphatic rings. The van der Waals surface area contributed by atoms with Gasteiger partial charge in [-0.05, 0) is 30.5 Å². The van der Waals surface area contributed by atoms with Gasteiger partial charge in [0.25, 0.3) is 0 Å². The summed E-state index contributed by atoms with van der Waals surface area (Å²) in [7, 11) is 1.66. The van der Waals surface area contributed by atoms with Crippen molar-refractivity contribution in [1.29, 1.82) is 0 Å². The normalized spacial score (nSPS) is 14.2. The number of ether oxygens (including phenoxy) is 1. The number of hydrogen-bond acceptors (Lipinski definition) is 5. The molecule has 4 nitrogen and oxygen atoms in total. The van der Waals surface area contributed by atoms with Crippen molar-refractivity contribution in [2.75, 3.05) is 7.11 Å². The fraction of sp³-hybridized carbons (Fsp3) is 0.267. The molecule has 3 N–H and O–H groups in total. The Labute approximate surface area is 131 Å². The second-order valence-electron chi connectivity index (χ2n) is 4.84. The van der Waals surface area contributed by atoms with Crippen molar-refractivity contribution in [2.45, 2.75) is 23.4 Å². The van der Waals surface area contributed by atoms with Crippen molar-refractivity contribution in [1.82, 2.24) is 9.97 Å². The number of hydrogen-bond donors (Lipinski definition) is 2. The minimum absolute atomic E-state index is 0.0522. The van der Waals surface area contributed by atoms with Crippen molar-refractivity contribution in [3.8, 4) is 5.75 Å². The fourth-order valence-electron chi connectivity index (χ4n) is 2.15. The molecule has 1 aromatic carbocycles. The third kappa shape index (κ3) is 3.07. The summed E-state index contributed by atoms with van der Waals surface area (Å²) >= 11 is 3.40. The molecule has 0 bridgehead atoms. The number of nitrogens with zero attached hydrogens (tertiary/aromatic N) is 1. The zero-order valence-corrected chi connectivity index (χ0v) is 13.5. The number of benzene rings is 1. The molecule has 6 heteroatoms. The molecular formula is C15H17N3OS2. The van der Waals surface area contributed by atoms with Crippen LogP contribution in [0.2, 0.25) is 0 Å². The number of nitrogens with one attached hydrogen (secondary N) is 1. The fourth-order valence-corrected chi connectivity index (χ4v) is 4.25. The van der Waals surface area contributed by atoms with E-state index in [9.17, 15) is 0 Å². The van der Waals surface area contributed by atoms with E-state index < -0.39 is 0 Å². The van der Waals surface area contributed by atoms with Gasteiger partial charge in [-0.3, -0.25) is 0 Å². The topological polar surface area (TPSA) is 63.9 Å². The van der Waals surface area contributed by atoms with Gasteiger partial charge in [0.2, 0.25) is 0 Å². The van der Waals surface area contributed by atoms with Crippen molar-refractivity contribution in [3.63, 3.8) is 0 Å². The van der Waals surface area contributed by atoms with Crippen LogP contribution in [0.5, 0.6) is 5.75 Å². The molecule has 21 heavy (non-hydrogen) atoms. The van der Waals surface area contributed by atoms with E-state index in [-0.39, 0.29) is 11.3 Å². The Balaban J connectivity index is 1.89. The molecular weight excluding hydrogens is 302 g/mol. The molecule has 0 fully saturated rings. The zero-order chi connectivity index (χ0) is 14.8. The lowest BCUT2D eigenvalue weighted by atomic mass is 10.2. The molecule has 3 rings (SSSR count). The van der Waals surface area contributed by atoms with Crippen molar-refractivity contribution >= 4 is 34.1 Å². The number of thiophene rings is 1. The molecule has 0 saturated heterocycles. The number of aromatic amines is 1. The van der Waals surface area contributed by atoms with Crippen LogP contribution in [0.4, 0.5) is 0 Å². The Kier molecular flexibility index (Phi) is 4.19. The highest BCUT2D eigenvalue weighted by Crippen LogP contribution is 2.38. The van der Waals surface area contributed by atoms with Crippen molar-refractivity contribution < 1.29 is 4.74 Å². The first-order valence-electron chi connectivity index (χ1n) is 6.67. The number of aromatic nitrogens is 2. The van der Waals surface area contributed by atoms with Gasteiger partial charge in [-0.25, -0.2) is 4.98 Å². The van der Waals surface area contributed by atoms with Crippen LogP contribution in [0.3, 0.4) is 0 Å². The Morgan fingerprint density at radius 3 is 2.90 bits per heavy atom. The summed E-state index contributed by atoms with van der Waals surface area (Å²) in [4.78, 5) is 9.23. The van der Waals surface area contributed by atoms with E-state index in [1.807, 2.05) is 25.1 Å². The Morgan fingerprint density at radius 1 is 1.38 bits per heavy atom. The highest BCUT2D eigenvalue weighted by molar-refractivity contribution is 7.99. The number of imidazole rings is 1. The summed E-state index contributed by atoms with van der Waals surface area (Å²) in [6.07, 6.45) is 0. The van der Waals surface area contributed by atoms with E-state index in [1.165, 1.54) is 4.88 Å². The summed E-state index contributed by atoms with van der Waals surface area (Å²) in [5.74, 6) is 0.824. The van der Waals surface area contributed by atoms with E-state index in [0.29, 0.717) is 0 Å². The molecule has 0 saturated carbocycles. The lowest BCUT2D eigenvalue weighted by molar-refractivity contribution is 0.415. The third-order valence-electron chi connectivity index (χ3n) is 3.21. The Morgan fingerprint density at radius 2 is 2.24 bits per heavy atom. The van der Waals surface area contributed by atoms with Crippen LogP contribution in [0.1, 0.15) is 17.1 Å². The molecule has 0 spiro atoms. The molecule has 0 aliphatic carbocycles. The number of methoxy groups -OCH3 is 1. The van der Waals surface area contributed by atoms with Crippen LogP contribution in [0.15, 0.2) is 40.9 Å². The van der Waals surface area contributed by atoms with E-state index in [0.717, 1.165) is 21.9 Å². The monoisotopic (exact) mass is 319 g/mol. The average Bonchev–Trinajstić information content (AvgIpc) is 3.12. The third-order valence-corrected chi connectivity index (χ3v) is 5.67. The number of H-pyrrole nitrogens is 1. The molecule has 0 amide bonds. The molecule has 110 valence electrons. The smallest absolute Gasteiger partial charge is 0.167 e. The highest BCUT2D eigenvalue weighted by Gasteiger charge is 2.20. The molecule has 3 aromatic rings. The number of rotatable bonds is 5. The average molecular weight is 319 g/mol. The first-order valence-corrected chi connectivity index (χ1v) is 8.42. The Hall–Kier alpha value is -1.50. The van der Waals surface area contributed by atoms with Gasteiger partial charge in [-0.15, -0.1) is 11.3 Å².